The number of aromatic nitrogens is 1. The van der Waals surface area contributed by atoms with Crippen molar-refractivity contribution in [3.8, 4) is 17.0 Å². The van der Waals surface area contributed by atoms with Gasteiger partial charge in [-0.05, 0) is 38.5 Å². The van der Waals surface area contributed by atoms with Crippen molar-refractivity contribution in [2.24, 2.45) is 11.1 Å². The number of morpholine rings is 1. The lowest BCUT2D eigenvalue weighted by atomic mass is 9.80. The Bertz CT molecular complexity index is 1380. The van der Waals surface area contributed by atoms with E-state index >= 15 is 0 Å². The van der Waals surface area contributed by atoms with E-state index in [-0.39, 0.29) is 12.0 Å². The fourth-order valence-electron chi connectivity index (χ4n) is 6.02. The number of nitrogens with zero attached hydrogens (tertiary/aromatic N) is 3. The van der Waals surface area contributed by atoms with E-state index in [1.54, 1.807) is 0 Å². The van der Waals surface area contributed by atoms with Gasteiger partial charge in [0.05, 0.1) is 25.4 Å². The van der Waals surface area contributed by atoms with Gasteiger partial charge >= 0.3 is 0 Å². The summed E-state index contributed by atoms with van der Waals surface area (Å²) in [5.41, 5.74) is 4.57. The van der Waals surface area contributed by atoms with Crippen molar-refractivity contribution in [1.82, 2.24) is 10.1 Å². The Kier molecular flexibility index (Phi) is 5.59. The molecule has 198 valence electrons. The summed E-state index contributed by atoms with van der Waals surface area (Å²) < 4.78 is 29.9. The molecule has 3 aromatic rings. The highest BCUT2D eigenvalue weighted by Gasteiger charge is 2.60. The highest BCUT2D eigenvalue weighted by Crippen LogP contribution is 2.51. The Morgan fingerprint density at radius 1 is 1.00 bits per heavy atom. The molecule has 0 spiro atoms. The monoisotopic (exact) mass is 517 g/mol. The first-order valence-electron chi connectivity index (χ1n) is 13.2. The van der Waals surface area contributed by atoms with Crippen LogP contribution in [0.4, 0.5) is 0 Å². The second-order valence-electron chi connectivity index (χ2n) is 10.7. The molecule has 9 heteroatoms. The smallest absolute Gasteiger partial charge is 0.232 e. The van der Waals surface area contributed by atoms with E-state index in [4.69, 9.17) is 28.3 Å². The molecule has 3 unspecified atom stereocenters. The maximum absolute atomic E-state index is 6.48. The zero-order valence-corrected chi connectivity index (χ0v) is 21.8. The fourth-order valence-corrected chi connectivity index (χ4v) is 6.02. The van der Waals surface area contributed by atoms with Crippen LogP contribution in [0.5, 0.6) is 5.75 Å². The largest absolute Gasteiger partial charge is 0.492 e. The molecule has 2 saturated heterocycles. The SMILES string of the molecule is Cc1c(-c2ccccc2)noc1C1=NOC2(N3CCOCC3)c3ccc(C4COC(C)(C)O4)cc3OCC12. The fraction of sp³-hybridized carbons (Fsp3) is 0.448. The molecule has 2 aromatic carbocycles. The molecule has 0 bridgehead atoms. The molecule has 4 aliphatic heterocycles. The van der Waals surface area contributed by atoms with Gasteiger partial charge in [-0.15, -0.1) is 0 Å². The third-order valence-corrected chi connectivity index (χ3v) is 7.95. The molecule has 0 radical (unpaired) electrons. The van der Waals surface area contributed by atoms with Crippen molar-refractivity contribution < 1.29 is 28.3 Å². The summed E-state index contributed by atoms with van der Waals surface area (Å²) in [6.45, 7) is 9.47. The van der Waals surface area contributed by atoms with E-state index in [2.05, 4.69) is 33.4 Å². The zero-order valence-electron chi connectivity index (χ0n) is 21.8. The average Bonchev–Trinajstić information content (AvgIpc) is 3.64. The number of rotatable bonds is 4. The molecule has 5 heterocycles. The maximum atomic E-state index is 6.48. The van der Waals surface area contributed by atoms with E-state index in [0.717, 1.165) is 46.8 Å². The van der Waals surface area contributed by atoms with Crippen LogP contribution in [0.3, 0.4) is 0 Å². The van der Waals surface area contributed by atoms with E-state index in [1.807, 2.05) is 51.1 Å². The van der Waals surface area contributed by atoms with Gasteiger partial charge < -0.3 is 28.3 Å². The van der Waals surface area contributed by atoms with E-state index < -0.39 is 11.5 Å². The van der Waals surface area contributed by atoms with E-state index in [9.17, 15) is 0 Å². The Labute approximate surface area is 221 Å². The lowest BCUT2D eigenvalue weighted by Gasteiger charge is -2.46. The summed E-state index contributed by atoms with van der Waals surface area (Å²) in [6, 6.07) is 16.2. The molecule has 4 aliphatic rings. The van der Waals surface area contributed by atoms with Crippen molar-refractivity contribution in [2.75, 3.05) is 39.5 Å². The summed E-state index contributed by atoms with van der Waals surface area (Å²) in [7, 11) is 0. The van der Waals surface area contributed by atoms with Gasteiger partial charge in [0, 0.05) is 24.2 Å². The second-order valence-corrected chi connectivity index (χ2v) is 10.7. The molecule has 38 heavy (non-hydrogen) atoms. The molecular formula is C29H31N3O6. The van der Waals surface area contributed by atoms with Crippen molar-refractivity contribution in [3.05, 3.63) is 71.0 Å². The lowest BCUT2D eigenvalue weighted by molar-refractivity contribution is -0.201. The highest BCUT2D eigenvalue weighted by molar-refractivity contribution is 6.03. The predicted molar refractivity (Wildman–Crippen MR) is 138 cm³/mol. The summed E-state index contributed by atoms with van der Waals surface area (Å²) >= 11 is 0. The summed E-state index contributed by atoms with van der Waals surface area (Å²) in [5.74, 6) is 0.590. The van der Waals surface area contributed by atoms with Crippen molar-refractivity contribution in [3.63, 3.8) is 0 Å². The molecule has 9 nitrogen and oxygen atoms in total. The first-order chi connectivity index (χ1) is 18.5. The third-order valence-electron chi connectivity index (χ3n) is 7.95. The van der Waals surface area contributed by atoms with Crippen LogP contribution in [-0.2, 0) is 24.8 Å². The van der Waals surface area contributed by atoms with Crippen LogP contribution in [0.1, 0.15) is 42.4 Å². The van der Waals surface area contributed by atoms with Crippen molar-refractivity contribution in [1.29, 1.82) is 0 Å². The van der Waals surface area contributed by atoms with Crippen LogP contribution in [0.15, 0.2) is 58.2 Å². The number of benzene rings is 2. The number of hydrogen-bond donors (Lipinski definition) is 0. The minimum absolute atomic E-state index is 0.152. The molecule has 0 N–H and O–H groups in total. The Balaban J connectivity index is 1.27. The molecule has 0 saturated carbocycles. The minimum atomic E-state index is -0.830. The van der Waals surface area contributed by atoms with Crippen LogP contribution < -0.4 is 4.74 Å². The first kappa shape index (κ1) is 23.8. The van der Waals surface area contributed by atoms with Crippen LogP contribution in [0.25, 0.3) is 11.3 Å². The van der Waals surface area contributed by atoms with Gasteiger partial charge in [-0.1, -0.05) is 46.7 Å². The van der Waals surface area contributed by atoms with Crippen molar-refractivity contribution >= 4 is 5.71 Å². The van der Waals surface area contributed by atoms with Crippen molar-refractivity contribution in [2.45, 2.75) is 38.4 Å². The summed E-state index contributed by atoms with van der Waals surface area (Å²) in [4.78, 5) is 8.80. The van der Waals surface area contributed by atoms with Gasteiger partial charge in [-0.3, -0.25) is 4.90 Å². The minimum Gasteiger partial charge on any atom is -0.492 e. The van der Waals surface area contributed by atoms with Gasteiger partial charge in [0.2, 0.25) is 5.72 Å². The molecular weight excluding hydrogens is 486 g/mol. The second kappa shape index (κ2) is 8.91. The van der Waals surface area contributed by atoms with Crippen LogP contribution in [0, 0.1) is 12.8 Å². The van der Waals surface area contributed by atoms with Gasteiger partial charge in [0.15, 0.2) is 11.5 Å². The number of oxime groups is 1. The van der Waals surface area contributed by atoms with E-state index in [1.165, 1.54) is 0 Å². The molecule has 1 aromatic heterocycles. The average molecular weight is 518 g/mol. The third kappa shape index (κ3) is 3.68. The Morgan fingerprint density at radius 3 is 2.58 bits per heavy atom. The Hall–Kier alpha value is -3.24. The van der Waals surface area contributed by atoms with Gasteiger partial charge in [0.25, 0.3) is 0 Å². The topological polar surface area (TPSA) is 87.8 Å². The standard InChI is InChI=1S/C29H31N3O6/c1-18-25(19-7-5-4-6-8-19)30-37-27(18)26-22-16-34-23-15-20(24-17-35-28(2,3)36-24)9-10-21(23)29(22,38-31-26)32-11-13-33-14-12-32/h4-10,15,22,24H,11-14,16-17H2,1-3H3. The van der Waals surface area contributed by atoms with Crippen LogP contribution in [0.2, 0.25) is 0 Å². The van der Waals surface area contributed by atoms with Gasteiger partial charge in [0.1, 0.15) is 35.8 Å². The lowest BCUT2D eigenvalue weighted by Crippen LogP contribution is -2.58. The first-order valence-corrected chi connectivity index (χ1v) is 13.2. The van der Waals surface area contributed by atoms with Gasteiger partial charge in [-0.2, -0.15) is 0 Å². The Morgan fingerprint density at radius 2 is 1.82 bits per heavy atom. The molecule has 3 atom stereocenters. The number of ether oxygens (including phenoxy) is 4. The zero-order chi connectivity index (χ0) is 25.9. The normalized spacial score (nSPS) is 28.2. The summed E-state index contributed by atoms with van der Waals surface area (Å²) in [6.07, 6.45) is -0.152. The molecule has 2 fully saturated rings. The highest BCUT2D eigenvalue weighted by atomic mass is 16.7. The van der Waals surface area contributed by atoms with Gasteiger partial charge in [-0.25, -0.2) is 0 Å². The number of fused-ring (bicyclic) bond motifs is 3. The number of hydrogen-bond acceptors (Lipinski definition) is 9. The molecule has 7 rings (SSSR count). The van der Waals surface area contributed by atoms with Crippen LogP contribution >= 0.6 is 0 Å². The molecule has 0 aliphatic carbocycles. The predicted octanol–water partition coefficient (Wildman–Crippen LogP) is 4.40. The maximum Gasteiger partial charge on any atom is 0.232 e. The quantitative estimate of drug-likeness (QED) is 0.503. The van der Waals surface area contributed by atoms with E-state index in [0.29, 0.717) is 37.9 Å². The molecule has 0 amide bonds. The van der Waals surface area contributed by atoms with Crippen LogP contribution in [-0.4, -0.2) is 61.1 Å². The summed E-state index contributed by atoms with van der Waals surface area (Å²) in [5, 5.41) is 9.06.